The lowest BCUT2D eigenvalue weighted by Gasteiger charge is -2.26. The van der Waals surface area contributed by atoms with E-state index in [1.165, 1.54) is 11.3 Å². The Morgan fingerprint density at radius 2 is 1.93 bits per heavy atom. The Balaban J connectivity index is 1.66. The molecule has 0 saturated carbocycles. The van der Waals surface area contributed by atoms with Gasteiger partial charge in [-0.2, -0.15) is 0 Å². The SMILES string of the molecule is CC(NC(=O)c1ccc(Br)s1)C(=O)NC(CN1CCCC1=O)c1ccccc1. The van der Waals surface area contributed by atoms with Crippen LogP contribution in [0.1, 0.15) is 41.0 Å². The molecule has 3 rings (SSSR count). The van der Waals surface area contributed by atoms with Crippen LogP contribution >= 0.6 is 27.3 Å². The minimum Gasteiger partial charge on any atom is -0.346 e. The number of nitrogens with one attached hydrogen (secondary N) is 2. The number of halogens is 1. The Morgan fingerprint density at radius 3 is 2.54 bits per heavy atom. The van der Waals surface area contributed by atoms with Crippen molar-refractivity contribution >= 4 is 45.0 Å². The van der Waals surface area contributed by atoms with Crippen molar-refractivity contribution in [2.24, 2.45) is 0 Å². The third-order valence-electron chi connectivity index (χ3n) is 4.63. The summed E-state index contributed by atoms with van der Waals surface area (Å²) < 4.78 is 0.856. The molecule has 2 unspecified atom stereocenters. The van der Waals surface area contributed by atoms with Crippen LogP contribution in [-0.2, 0) is 9.59 Å². The summed E-state index contributed by atoms with van der Waals surface area (Å²) in [5.41, 5.74) is 0.927. The summed E-state index contributed by atoms with van der Waals surface area (Å²) in [6.07, 6.45) is 1.40. The predicted molar refractivity (Wildman–Crippen MR) is 112 cm³/mol. The van der Waals surface area contributed by atoms with E-state index >= 15 is 0 Å². The Bertz CT molecular complexity index is 855. The standard InChI is InChI=1S/C20H22BrN3O3S/c1-13(22-20(27)16-9-10-17(21)28-16)19(26)23-15(14-6-3-2-4-7-14)12-24-11-5-8-18(24)25/h2-4,6-7,9-10,13,15H,5,8,11-12H2,1H3,(H,22,27)(H,23,26). The summed E-state index contributed by atoms with van der Waals surface area (Å²) >= 11 is 4.64. The van der Waals surface area contributed by atoms with Crippen molar-refractivity contribution in [1.29, 1.82) is 0 Å². The second-order valence-corrected chi connectivity index (χ2v) is 9.18. The van der Waals surface area contributed by atoms with Crippen LogP contribution in [0.3, 0.4) is 0 Å². The van der Waals surface area contributed by atoms with Crippen molar-refractivity contribution in [3.05, 3.63) is 56.7 Å². The van der Waals surface area contributed by atoms with Gasteiger partial charge in [-0.25, -0.2) is 0 Å². The van der Waals surface area contributed by atoms with Gasteiger partial charge in [0.2, 0.25) is 11.8 Å². The van der Waals surface area contributed by atoms with E-state index < -0.39 is 6.04 Å². The van der Waals surface area contributed by atoms with Crippen molar-refractivity contribution in [2.45, 2.75) is 31.8 Å². The molecule has 0 spiro atoms. The van der Waals surface area contributed by atoms with E-state index in [-0.39, 0.29) is 23.8 Å². The highest BCUT2D eigenvalue weighted by atomic mass is 79.9. The van der Waals surface area contributed by atoms with Gasteiger partial charge in [-0.3, -0.25) is 14.4 Å². The fourth-order valence-electron chi connectivity index (χ4n) is 3.10. The number of nitrogens with zero attached hydrogens (tertiary/aromatic N) is 1. The van der Waals surface area contributed by atoms with Crippen LogP contribution in [0.15, 0.2) is 46.3 Å². The van der Waals surface area contributed by atoms with E-state index in [0.717, 1.165) is 15.8 Å². The van der Waals surface area contributed by atoms with Gasteiger partial charge in [0.1, 0.15) is 6.04 Å². The van der Waals surface area contributed by atoms with Crippen LogP contribution in [0.4, 0.5) is 0 Å². The van der Waals surface area contributed by atoms with Crippen molar-refractivity contribution < 1.29 is 14.4 Å². The highest BCUT2D eigenvalue weighted by molar-refractivity contribution is 9.11. The molecule has 1 aliphatic rings. The molecule has 2 N–H and O–H groups in total. The zero-order valence-corrected chi connectivity index (χ0v) is 17.9. The van der Waals surface area contributed by atoms with E-state index in [1.54, 1.807) is 24.0 Å². The monoisotopic (exact) mass is 463 g/mol. The molecule has 0 radical (unpaired) electrons. The van der Waals surface area contributed by atoms with Gasteiger partial charge in [-0.15, -0.1) is 11.3 Å². The third-order valence-corrected chi connectivity index (χ3v) is 6.25. The van der Waals surface area contributed by atoms with Crippen LogP contribution < -0.4 is 10.6 Å². The van der Waals surface area contributed by atoms with Crippen molar-refractivity contribution in [3.63, 3.8) is 0 Å². The van der Waals surface area contributed by atoms with Gasteiger partial charge in [-0.1, -0.05) is 30.3 Å². The molecule has 2 heterocycles. The number of hydrogen-bond acceptors (Lipinski definition) is 4. The molecular weight excluding hydrogens is 442 g/mol. The number of rotatable bonds is 7. The van der Waals surface area contributed by atoms with Crippen LogP contribution in [0.2, 0.25) is 0 Å². The number of hydrogen-bond donors (Lipinski definition) is 2. The van der Waals surface area contributed by atoms with E-state index in [0.29, 0.717) is 24.4 Å². The van der Waals surface area contributed by atoms with Gasteiger partial charge in [0.05, 0.1) is 14.7 Å². The van der Waals surface area contributed by atoms with E-state index in [9.17, 15) is 14.4 Å². The largest absolute Gasteiger partial charge is 0.346 e. The molecule has 0 bridgehead atoms. The maximum absolute atomic E-state index is 12.7. The first-order valence-electron chi connectivity index (χ1n) is 9.13. The summed E-state index contributed by atoms with van der Waals surface area (Å²) in [6, 6.07) is 12.0. The van der Waals surface area contributed by atoms with Gasteiger partial charge >= 0.3 is 0 Å². The summed E-state index contributed by atoms with van der Waals surface area (Å²) in [6.45, 7) is 2.78. The number of thiophene rings is 1. The Morgan fingerprint density at radius 1 is 1.18 bits per heavy atom. The van der Waals surface area contributed by atoms with Gasteiger partial charge in [0, 0.05) is 19.5 Å². The summed E-state index contributed by atoms with van der Waals surface area (Å²) in [4.78, 5) is 39.4. The molecule has 1 aromatic heterocycles. The molecule has 8 heteroatoms. The van der Waals surface area contributed by atoms with E-state index in [4.69, 9.17) is 0 Å². The highest BCUT2D eigenvalue weighted by Crippen LogP contribution is 2.22. The number of benzene rings is 1. The lowest BCUT2D eigenvalue weighted by molar-refractivity contribution is -0.129. The number of amides is 3. The normalized spacial score (nSPS) is 15.9. The van der Waals surface area contributed by atoms with Crippen LogP contribution in [-0.4, -0.2) is 41.8 Å². The maximum Gasteiger partial charge on any atom is 0.262 e. The fraction of sp³-hybridized carbons (Fsp3) is 0.350. The van der Waals surface area contributed by atoms with Gasteiger partial charge in [-0.05, 0) is 47.0 Å². The second kappa shape index (κ2) is 9.34. The first-order chi connectivity index (χ1) is 13.4. The molecule has 2 atom stereocenters. The topological polar surface area (TPSA) is 78.5 Å². The molecule has 1 saturated heterocycles. The molecule has 1 aliphatic heterocycles. The zero-order valence-electron chi connectivity index (χ0n) is 15.5. The average molecular weight is 464 g/mol. The predicted octanol–water partition coefficient (Wildman–Crippen LogP) is 3.11. The Labute approximate surface area is 176 Å². The van der Waals surface area contributed by atoms with Gasteiger partial charge < -0.3 is 15.5 Å². The Hall–Kier alpha value is -2.19. The van der Waals surface area contributed by atoms with Crippen molar-refractivity contribution in [1.82, 2.24) is 15.5 Å². The highest BCUT2D eigenvalue weighted by Gasteiger charge is 2.27. The molecule has 1 aromatic carbocycles. The lowest BCUT2D eigenvalue weighted by Crippen LogP contribution is -2.47. The summed E-state index contributed by atoms with van der Waals surface area (Å²) in [5, 5.41) is 5.72. The molecule has 28 heavy (non-hydrogen) atoms. The molecule has 3 amide bonds. The Kier molecular flexibility index (Phi) is 6.85. The minimum absolute atomic E-state index is 0.111. The molecule has 148 valence electrons. The summed E-state index contributed by atoms with van der Waals surface area (Å²) in [5.74, 6) is -0.464. The first kappa shape index (κ1) is 20.5. The number of carbonyl (C=O) groups excluding carboxylic acids is 3. The smallest absolute Gasteiger partial charge is 0.262 e. The van der Waals surface area contributed by atoms with Gasteiger partial charge in [0.25, 0.3) is 5.91 Å². The maximum atomic E-state index is 12.7. The van der Waals surface area contributed by atoms with Crippen molar-refractivity contribution in [2.75, 3.05) is 13.1 Å². The third kappa shape index (κ3) is 5.20. The van der Waals surface area contributed by atoms with E-state index in [1.807, 2.05) is 30.3 Å². The van der Waals surface area contributed by atoms with E-state index in [2.05, 4.69) is 26.6 Å². The first-order valence-corrected chi connectivity index (χ1v) is 10.7. The minimum atomic E-state index is -0.700. The summed E-state index contributed by atoms with van der Waals surface area (Å²) in [7, 11) is 0. The molecular formula is C20H22BrN3O3S. The van der Waals surface area contributed by atoms with Crippen LogP contribution in [0.25, 0.3) is 0 Å². The van der Waals surface area contributed by atoms with Crippen molar-refractivity contribution in [3.8, 4) is 0 Å². The number of carbonyl (C=O) groups is 3. The lowest BCUT2D eigenvalue weighted by atomic mass is 10.1. The molecule has 0 aliphatic carbocycles. The van der Waals surface area contributed by atoms with Gasteiger partial charge in [0.15, 0.2) is 0 Å². The van der Waals surface area contributed by atoms with Crippen LogP contribution in [0, 0.1) is 0 Å². The van der Waals surface area contributed by atoms with Crippen LogP contribution in [0.5, 0.6) is 0 Å². The fourth-order valence-corrected chi connectivity index (χ4v) is 4.39. The molecule has 2 aromatic rings. The zero-order chi connectivity index (χ0) is 20.1. The molecule has 1 fully saturated rings. The molecule has 6 nitrogen and oxygen atoms in total. The number of likely N-dealkylation sites (tertiary alicyclic amines) is 1. The average Bonchev–Trinajstić information content (AvgIpc) is 3.30. The quantitative estimate of drug-likeness (QED) is 0.661. The second-order valence-electron chi connectivity index (χ2n) is 6.71.